The Morgan fingerprint density at radius 1 is 1.22 bits per heavy atom. The monoisotopic (exact) mass is 256 g/mol. The first kappa shape index (κ1) is 13.8. The first-order chi connectivity index (χ1) is 8.57. The van der Waals surface area contributed by atoms with Crippen LogP contribution in [-0.4, -0.2) is 38.8 Å². The van der Waals surface area contributed by atoms with Gasteiger partial charge in [0.25, 0.3) is 0 Å². The third-order valence-corrected chi connectivity index (χ3v) is 4.12. The zero-order valence-electron chi connectivity index (χ0n) is 11.7. The lowest BCUT2D eigenvalue weighted by atomic mass is 9.77. The summed E-state index contributed by atoms with van der Waals surface area (Å²) in [5.41, 5.74) is -0.0436. The highest BCUT2D eigenvalue weighted by Crippen LogP contribution is 2.38. The molecule has 2 heterocycles. The number of hydrogen-bond donors (Lipinski definition) is 0. The fraction of sp³-hybridized carbons (Fsp3) is 0.857. The summed E-state index contributed by atoms with van der Waals surface area (Å²) in [6.45, 7) is 4.36. The Bertz CT molecular complexity index is 300. The molecule has 2 aliphatic rings. The molecule has 0 bridgehead atoms. The maximum Gasteiger partial charge on any atom is 0.157 e. The maximum atomic E-state index is 5.81. The lowest BCUT2D eigenvalue weighted by Gasteiger charge is -2.41. The SMILES string of the molecule is COC1CC[C@H](C[C@H]2OC=C[C@@H](OC)C2(C)C)O1. The van der Waals surface area contributed by atoms with Gasteiger partial charge < -0.3 is 18.9 Å². The molecule has 1 unspecified atom stereocenters. The molecule has 0 aromatic heterocycles. The fourth-order valence-corrected chi connectivity index (χ4v) is 2.82. The maximum absolute atomic E-state index is 5.81. The van der Waals surface area contributed by atoms with Crippen LogP contribution in [0.5, 0.6) is 0 Å². The summed E-state index contributed by atoms with van der Waals surface area (Å²) in [6.07, 6.45) is 7.02. The number of hydrogen-bond acceptors (Lipinski definition) is 4. The van der Waals surface area contributed by atoms with Gasteiger partial charge in [0.05, 0.1) is 18.5 Å². The molecule has 2 rings (SSSR count). The molecule has 0 N–H and O–H groups in total. The molecule has 4 nitrogen and oxygen atoms in total. The Labute approximate surface area is 109 Å². The molecule has 1 fully saturated rings. The van der Waals surface area contributed by atoms with Crippen LogP contribution in [-0.2, 0) is 18.9 Å². The van der Waals surface area contributed by atoms with Crippen molar-refractivity contribution in [1.82, 2.24) is 0 Å². The van der Waals surface area contributed by atoms with Crippen molar-refractivity contribution >= 4 is 0 Å². The van der Waals surface area contributed by atoms with Crippen molar-refractivity contribution < 1.29 is 18.9 Å². The Morgan fingerprint density at radius 2 is 2.00 bits per heavy atom. The van der Waals surface area contributed by atoms with Gasteiger partial charge in [0.2, 0.25) is 0 Å². The summed E-state index contributed by atoms with van der Waals surface area (Å²) in [6, 6.07) is 0. The molecule has 0 aromatic rings. The third kappa shape index (κ3) is 2.71. The molecule has 0 amide bonds. The first-order valence-electron chi connectivity index (χ1n) is 6.61. The molecule has 18 heavy (non-hydrogen) atoms. The largest absolute Gasteiger partial charge is 0.497 e. The van der Waals surface area contributed by atoms with E-state index in [2.05, 4.69) is 13.8 Å². The summed E-state index contributed by atoms with van der Waals surface area (Å²) in [5, 5.41) is 0. The predicted molar refractivity (Wildman–Crippen MR) is 68.1 cm³/mol. The van der Waals surface area contributed by atoms with Gasteiger partial charge in [0.15, 0.2) is 6.29 Å². The second-order valence-corrected chi connectivity index (χ2v) is 5.67. The van der Waals surface area contributed by atoms with Gasteiger partial charge >= 0.3 is 0 Å². The van der Waals surface area contributed by atoms with Crippen molar-refractivity contribution in [2.45, 2.75) is 57.7 Å². The lowest BCUT2D eigenvalue weighted by molar-refractivity contribution is -0.136. The van der Waals surface area contributed by atoms with Crippen LogP contribution in [0.25, 0.3) is 0 Å². The van der Waals surface area contributed by atoms with Crippen molar-refractivity contribution in [2.75, 3.05) is 14.2 Å². The molecule has 0 radical (unpaired) electrons. The van der Waals surface area contributed by atoms with E-state index in [-0.39, 0.29) is 30.0 Å². The van der Waals surface area contributed by atoms with Crippen LogP contribution in [0.3, 0.4) is 0 Å². The van der Waals surface area contributed by atoms with E-state index >= 15 is 0 Å². The predicted octanol–water partition coefficient (Wildman–Crippen LogP) is 2.48. The van der Waals surface area contributed by atoms with Crippen molar-refractivity contribution in [2.24, 2.45) is 5.41 Å². The fourth-order valence-electron chi connectivity index (χ4n) is 2.82. The summed E-state index contributed by atoms with van der Waals surface area (Å²) in [7, 11) is 3.43. The molecule has 0 aromatic carbocycles. The van der Waals surface area contributed by atoms with E-state index in [0.717, 1.165) is 19.3 Å². The van der Waals surface area contributed by atoms with E-state index in [9.17, 15) is 0 Å². The Hall–Kier alpha value is -0.580. The highest BCUT2D eigenvalue weighted by Gasteiger charge is 2.42. The quantitative estimate of drug-likeness (QED) is 0.774. The second kappa shape index (κ2) is 5.59. The number of ether oxygens (including phenoxy) is 4. The van der Waals surface area contributed by atoms with E-state index < -0.39 is 0 Å². The zero-order chi connectivity index (χ0) is 13.2. The summed E-state index contributed by atoms with van der Waals surface area (Å²) >= 11 is 0. The molecule has 0 saturated carbocycles. The molecule has 104 valence electrons. The van der Waals surface area contributed by atoms with Crippen LogP contribution in [0.15, 0.2) is 12.3 Å². The highest BCUT2D eigenvalue weighted by atomic mass is 16.7. The zero-order valence-corrected chi connectivity index (χ0v) is 11.7. The van der Waals surface area contributed by atoms with Crippen molar-refractivity contribution in [1.29, 1.82) is 0 Å². The van der Waals surface area contributed by atoms with Crippen molar-refractivity contribution in [3.8, 4) is 0 Å². The first-order valence-corrected chi connectivity index (χ1v) is 6.61. The summed E-state index contributed by atoms with van der Waals surface area (Å²) < 4.78 is 22.3. The molecule has 4 atom stereocenters. The van der Waals surface area contributed by atoms with Crippen LogP contribution in [0.1, 0.15) is 33.1 Å². The minimum atomic E-state index is -0.0459. The number of rotatable bonds is 4. The van der Waals surface area contributed by atoms with Crippen molar-refractivity contribution in [3.63, 3.8) is 0 Å². The topological polar surface area (TPSA) is 36.9 Å². The van der Waals surface area contributed by atoms with Gasteiger partial charge in [-0.1, -0.05) is 13.8 Å². The van der Waals surface area contributed by atoms with E-state index in [0.29, 0.717) is 0 Å². The second-order valence-electron chi connectivity index (χ2n) is 5.67. The Morgan fingerprint density at radius 3 is 2.61 bits per heavy atom. The minimum Gasteiger partial charge on any atom is -0.497 e. The smallest absolute Gasteiger partial charge is 0.157 e. The highest BCUT2D eigenvalue weighted by molar-refractivity contribution is 5.03. The van der Waals surface area contributed by atoms with Crippen LogP contribution < -0.4 is 0 Å². The lowest BCUT2D eigenvalue weighted by Crippen LogP contribution is -2.45. The Kier molecular flexibility index (Phi) is 4.30. The Balaban J connectivity index is 1.95. The molecule has 1 saturated heterocycles. The van der Waals surface area contributed by atoms with Gasteiger partial charge in [-0.3, -0.25) is 0 Å². The average molecular weight is 256 g/mol. The standard InChI is InChI=1S/C14H24O4/c1-14(2)11(15-3)7-8-17-12(14)9-10-5-6-13(16-4)18-10/h7-8,10-13H,5-6,9H2,1-4H3/t10-,11-,12-,13?/m1/s1. The van der Waals surface area contributed by atoms with Gasteiger partial charge in [0.1, 0.15) is 6.10 Å². The van der Waals surface area contributed by atoms with Crippen LogP contribution in [0.4, 0.5) is 0 Å². The summed E-state index contributed by atoms with van der Waals surface area (Å²) in [4.78, 5) is 0. The van der Waals surface area contributed by atoms with Gasteiger partial charge in [-0.15, -0.1) is 0 Å². The third-order valence-electron chi connectivity index (χ3n) is 4.12. The van der Waals surface area contributed by atoms with Crippen molar-refractivity contribution in [3.05, 3.63) is 12.3 Å². The molecule has 4 heteroatoms. The average Bonchev–Trinajstić information content (AvgIpc) is 2.79. The van der Waals surface area contributed by atoms with Crippen LogP contribution >= 0.6 is 0 Å². The van der Waals surface area contributed by atoms with E-state index in [1.165, 1.54) is 0 Å². The van der Waals surface area contributed by atoms with Gasteiger partial charge in [0, 0.05) is 32.5 Å². The van der Waals surface area contributed by atoms with Crippen LogP contribution in [0, 0.1) is 5.41 Å². The van der Waals surface area contributed by atoms with Gasteiger partial charge in [-0.05, 0) is 12.5 Å². The van der Waals surface area contributed by atoms with Gasteiger partial charge in [-0.25, -0.2) is 0 Å². The van der Waals surface area contributed by atoms with E-state index in [1.54, 1.807) is 20.5 Å². The molecular weight excluding hydrogens is 232 g/mol. The minimum absolute atomic E-state index is 0.0436. The number of methoxy groups -OCH3 is 2. The van der Waals surface area contributed by atoms with E-state index in [1.807, 2.05) is 6.08 Å². The van der Waals surface area contributed by atoms with Gasteiger partial charge in [-0.2, -0.15) is 0 Å². The van der Waals surface area contributed by atoms with Crippen LogP contribution in [0.2, 0.25) is 0 Å². The molecule has 0 spiro atoms. The molecule has 0 aliphatic carbocycles. The normalized spacial score (nSPS) is 38.7. The molecular formula is C14H24O4. The summed E-state index contributed by atoms with van der Waals surface area (Å²) in [5.74, 6) is 0. The van der Waals surface area contributed by atoms with E-state index in [4.69, 9.17) is 18.9 Å². The molecule has 2 aliphatic heterocycles.